The molecule has 2 aromatic rings. The first-order chi connectivity index (χ1) is 12.3. The van der Waals surface area contributed by atoms with E-state index in [2.05, 4.69) is 64.1 Å². The summed E-state index contributed by atoms with van der Waals surface area (Å²) >= 11 is 1.80. The summed E-state index contributed by atoms with van der Waals surface area (Å²) in [6.45, 7) is 4.28. The van der Waals surface area contributed by atoms with Crippen molar-refractivity contribution < 1.29 is 4.79 Å². The number of benzene rings is 2. The molecule has 0 bridgehead atoms. The summed E-state index contributed by atoms with van der Waals surface area (Å²) in [5.41, 5.74) is 2.52. The predicted molar refractivity (Wildman–Crippen MR) is 101 cm³/mol. The number of nitrogens with zero attached hydrogens (tertiary/aromatic N) is 1. The van der Waals surface area contributed by atoms with Crippen molar-refractivity contribution in [2.45, 2.75) is 22.3 Å². The Labute approximate surface area is 153 Å². The largest absolute Gasteiger partial charge is 0.348 e. The molecular weight excluding hydrogens is 330 g/mol. The Hall–Kier alpha value is -1.82. The summed E-state index contributed by atoms with van der Waals surface area (Å²) in [5, 5.41) is 6.61. The number of hydrogen-bond donors (Lipinski definition) is 2. The van der Waals surface area contributed by atoms with Gasteiger partial charge in [-0.25, -0.2) is 0 Å². The molecule has 2 aromatic carbocycles. The summed E-state index contributed by atoms with van der Waals surface area (Å²) in [5.74, 6) is 0.117. The summed E-state index contributed by atoms with van der Waals surface area (Å²) in [6, 6.07) is 17.0. The maximum atomic E-state index is 12.6. The first kappa shape index (κ1) is 16.6. The molecule has 1 amide bonds. The minimum atomic E-state index is 0.0303. The first-order valence-electron chi connectivity index (χ1n) is 8.87. The molecule has 130 valence electrons. The number of carbonyl (C=O) groups is 1. The number of nitrogens with one attached hydrogen (secondary N) is 2. The van der Waals surface area contributed by atoms with Crippen LogP contribution in [0.15, 0.2) is 58.3 Å². The van der Waals surface area contributed by atoms with Gasteiger partial charge >= 0.3 is 0 Å². The van der Waals surface area contributed by atoms with E-state index in [4.69, 9.17) is 0 Å². The highest BCUT2D eigenvalue weighted by Crippen LogP contribution is 2.40. The van der Waals surface area contributed by atoms with Crippen LogP contribution in [0.1, 0.15) is 17.2 Å². The number of rotatable bonds is 3. The fourth-order valence-corrected chi connectivity index (χ4v) is 4.66. The van der Waals surface area contributed by atoms with Crippen LogP contribution in [-0.2, 0) is 11.2 Å². The first-order valence-corrected chi connectivity index (χ1v) is 9.68. The lowest BCUT2D eigenvalue weighted by atomic mass is 9.99. The third-order valence-corrected chi connectivity index (χ3v) is 6.03. The maximum absolute atomic E-state index is 12.6. The molecule has 25 heavy (non-hydrogen) atoms. The van der Waals surface area contributed by atoms with Gasteiger partial charge in [-0.05, 0) is 29.7 Å². The van der Waals surface area contributed by atoms with Gasteiger partial charge in [-0.15, -0.1) is 0 Å². The van der Waals surface area contributed by atoms with E-state index in [1.165, 1.54) is 20.9 Å². The second kappa shape index (κ2) is 7.60. The molecule has 4 nitrogen and oxygen atoms in total. The van der Waals surface area contributed by atoms with Crippen LogP contribution in [0.25, 0.3) is 0 Å². The highest BCUT2D eigenvalue weighted by molar-refractivity contribution is 7.99. The Morgan fingerprint density at radius 1 is 1.08 bits per heavy atom. The summed E-state index contributed by atoms with van der Waals surface area (Å²) in [4.78, 5) is 17.4. The fourth-order valence-electron chi connectivity index (χ4n) is 3.52. The van der Waals surface area contributed by atoms with Crippen LogP contribution in [0.3, 0.4) is 0 Å². The lowest BCUT2D eigenvalue weighted by molar-refractivity contribution is -0.123. The maximum Gasteiger partial charge on any atom is 0.234 e. The van der Waals surface area contributed by atoms with Gasteiger partial charge in [0.05, 0.1) is 12.6 Å². The van der Waals surface area contributed by atoms with E-state index in [1.807, 2.05) is 0 Å². The second-order valence-corrected chi connectivity index (χ2v) is 7.68. The molecule has 0 radical (unpaired) electrons. The van der Waals surface area contributed by atoms with E-state index in [1.54, 1.807) is 11.8 Å². The summed E-state index contributed by atoms with van der Waals surface area (Å²) in [7, 11) is 0. The summed E-state index contributed by atoms with van der Waals surface area (Å²) < 4.78 is 0. The van der Waals surface area contributed by atoms with Crippen molar-refractivity contribution in [3.63, 3.8) is 0 Å². The SMILES string of the molecule is O=C(CN1CCNCC1)N[C@@H]1Cc2ccccc2Sc2ccccc21. The van der Waals surface area contributed by atoms with Crippen LogP contribution in [-0.4, -0.2) is 43.5 Å². The average Bonchev–Trinajstić information content (AvgIpc) is 2.79. The van der Waals surface area contributed by atoms with Gasteiger partial charge in [0.1, 0.15) is 0 Å². The van der Waals surface area contributed by atoms with E-state index in [0.717, 1.165) is 32.6 Å². The molecule has 2 aliphatic rings. The summed E-state index contributed by atoms with van der Waals surface area (Å²) in [6.07, 6.45) is 0.841. The number of hydrogen-bond acceptors (Lipinski definition) is 4. The molecule has 0 unspecified atom stereocenters. The van der Waals surface area contributed by atoms with Crippen LogP contribution in [0.2, 0.25) is 0 Å². The van der Waals surface area contributed by atoms with E-state index < -0.39 is 0 Å². The van der Waals surface area contributed by atoms with Gasteiger partial charge in [-0.1, -0.05) is 48.2 Å². The molecule has 2 N–H and O–H groups in total. The van der Waals surface area contributed by atoms with E-state index in [9.17, 15) is 4.79 Å². The fraction of sp³-hybridized carbons (Fsp3) is 0.350. The Kier molecular flexibility index (Phi) is 5.06. The minimum absolute atomic E-state index is 0.0303. The molecule has 0 aliphatic carbocycles. The van der Waals surface area contributed by atoms with Gasteiger partial charge in [0, 0.05) is 36.0 Å². The van der Waals surface area contributed by atoms with Crippen LogP contribution >= 0.6 is 11.8 Å². The molecule has 0 spiro atoms. The lowest BCUT2D eigenvalue weighted by Gasteiger charge is -2.27. The van der Waals surface area contributed by atoms with E-state index >= 15 is 0 Å². The van der Waals surface area contributed by atoms with Gasteiger partial charge in [-0.2, -0.15) is 0 Å². The minimum Gasteiger partial charge on any atom is -0.348 e. The van der Waals surface area contributed by atoms with Crippen LogP contribution in [0, 0.1) is 0 Å². The van der Waals surface area contributed by atoms with Crippen LogP contribution in [0.5, 0.6) is 0 Å². The van der Waals surface area contributed by atoms with Crippen molar-refractivity contribution in [1.82, 2.24) is 15.5 Å². The average molecular weight is 353 g/mol. The second-order valence-electron chi connectivity index (χ2n) is 6.60. The highest BCUT2D eigenvalue weighted by atomic mass is 32.2. The molecule has 2 aliphatic heterocycles. The van der Waals surface area contributed by atoms with Crippen LogP contribution < -0.4 is 10.6 Å². The molecule has 0 saturated carbocycles. The molecule has 0 aromatic heterocycles. The Morgan fingerprint density at radius 3 is 2.64 bits per heavy atom. The normalized spacial score (nSPS) is 20.2. The van der Waals surface area contributed by atoms with Gasteiger partial charge in [0.15, 0.2) is 0 Å². The number of piperazine rings is 1. The third kappa shape index (κ3) is 3.89. The van der Waals surface area contributed by atoms with Gasteiger partial charge in [-0.3, -0.25) is 9.69 Å². The molecule has 4 rings (SSSR count). The van der Waals surface area contributed by atoms with Crippen molar-refractivity contribution in [2.75, 3.05) is 32.7 Å². The molecule has 5 heteroatoms. The van der Waals surface area contributed by atoms with Crippen molar-refractivity contribution in [3.05, 3.63) is 59.7 Å². The zero-order valence-corrected chi connectivity index (χ0v) is 15.0. The van der Waals surface area contributed by atoms with Crippen molar-refractivity contribution in [1.29, 1.82) is 0 Å². The van der Waals surface area contributed by atoms with Gasteiger partial charge < -0.3 is 10.6 Å². The number of carbonyl (C=O) groups excluding carboxylic acids is 1. The Balaban J connectivity index is 1.54. The molecule has 1 atom stereocenters. The molecular formula is C20H23N3OS. The molecule has 2 heterocycles. The lowest BCUT2D eigenvalue weighted by Crippen LogP contribution is -2.48. The smallest absolute Gasteiger partial charge is 0.234 e. The van der Waals surface area contributed by atoms with Crippen molar-refractivity contribution in [3.8, 4) is 0 Å². The number of fused-ring (bicyclic) bond motifs is 2. The molecule has 1 saturated heterocycles. The Bertz CT molecular complexity index is 758. The zero-order chi connectivity index (χ0) is 17.1. The molecule has 1 fully saturated rings. The third-order valence-electron chi connectivity index (χ3n) is 4.82. The van der Waals surface area contributed by atoms with Crippen molar-refractivity contribution >= 4 is 17.7 Å². The van der Waals surface area contributed by atoms with E-state index in [-0.39, 0.29) is 11.9 Å². The predicted octanol–water partition coefficient (Wildman–Crippen LogP) is 2.46. The standard InChI is InChI=1S/C20H23N3OS/c24-20(14-23-11-9-21-10-12-23)22-17-13-15-5-1-3-7-18(15)25-19-8-4-2-6-16(17)19/h1-8,17,21H,9-14H2,(H,22,24)/t17-/m1/s1. The quantitative estimate of drug-likeness (QED) is 0.890. The van der Waals surface area contributed by atoms with E-state index in [0.29, 0.717) is 6.54 Å². The zero-order valence-electron chi connectivity index (χ0n) is 14.2. The van der Waals surface area contributed by atoms with Crippen LogP contribution in [0.4, 0.5) is 0 Å². The number of amides is 1. The monoisotopic (exact) mass is 353 g/mol. The highest BCUT2D eigenvalue weighted by Gasteiger charge is 2.24. The van der Waals surface area contributed by atoms with Gasteiger partial charge in [0.2, 0.25) is 5.91 Å². The van der Waals surface area contributed by atoms with Gasteiger partial charge in [0.25, 0.3) is 0 Å². The topological polar surface area (TPSA) is 44.4 Å². The van der Waals surface area contributed by atoms with Crippen molar-refractivity contribution in [2.24, 2.45) is 0 Å². The Morgan fingerprint density at radius 2 is 1.80 bits per heavy atom.